The second kappa shape index (κ2) is 43.3. The van der Waals surface area contributed by atoms with Crippen molar-refractivity contribution in [2.75, 3.05) is 13.2 Å². The minimum atomic E-state index is -0.677. The van der Waals surface area contributed by atoms with E-state index in [0.29, 0.717) is 25.9 Å². The fourth-order valence-electron chi connectivity index (χ4n) is 7.15. The number of amides is 1. The van der Waals surface area contributed by atoms with Crippen molar-refractivity contribution in [2.24, 2.45) is 0 Å². The molecule has 1 amide bonds. The lowest BCUT2D eigenvalue weighted by Gasteiger charge is -2.22. The molecule has 0 saturated heterocycles. The molecule has 53 heavy (non-hydrogen) atoms. The van der Waals surface area contributed by atoms with Crippen molar-refractivity contribution in [3.8, 4) is 0 Å². The Bertz CT molecular complexity index is 787. The van der Waals surface area contributed by atoms with Gasteiger partial charge in [0.15, 0.2) is 0 Å². The molecule has 0 heterocycles. The van der Waals surface area contributed by atoms with Gasteiger partial charge in [0, 0.05) is 12.8 Å². The minimum Gasteiger partial charge on any atom is -0.466 e. The number of allylic oxidation sites excluding steroid dienone is 2. The van der Waals surface area contributed by atoms with Gasteiger partial charge >= 0.3 is 5.97 Å². The Morgan fingerprint density at radius 2 is 0.906 bits per heavy atom. The number of rotatable bonds is 43. The van der Waals surface area contributed by atoms with Crippen LogP contribution in [0, 0.1) is 0 Å². The van der Waals surface area contributed by atoms with Crippen molar-refractivity contribution in [1.82, 2.24) is 5.32 Å². The van der Waals surface area contributed by atoms with Crippen molar-refractivity contribution in [2.45, 2.75) is 264 Å². The normalized spacial score (nSPS) is 12.8. The van der Waals surface area contributed by atoms with E-state index in [1.165, 1.54) is 161 Å². The molecule has 0 radical (unpaired) electrons. The number of hydrogen-bond donors (Lipinski definition) is 3. The molecule has 0 aromatic rings. The Morgan fingerprint density at radius 1 is 0.509 bits per heavy atom. The fraction of sp³-hybridized carbons (Fsp3) is 0.915. The van der Waals surface area contributed by atoms with Gasteiger partial charge in [0.2, 0.25) is 5.91 Å². The summed E-state index contributed by atoms with van der Waals surface area (Å²) in [4.78, 5) is 24.4. The summed E-state index contributed by atoms with van der Waals surface area (Å²) in [6.07, 6.45) is 47.3. The Morgan fingerprint density at radius 3 is 1.40 bits per heavy atom. The third-order valence-electron chi connectivity index (χ3n) is 10.8. The monoisotopic (exact) mass is 750 g/mol. The van der Waals surface area contributed by atoms with Crippen LogP contribution in [0.25, 0.3) is 0 Å². The van der Waals surface area contributed by atoms with Crippen LogP contribution in [-0.2, 0) is 14.3 Å². The number of ether oxygens (including phenoxy) is 1. The summed E-state index contributed by atoms with van der Waals surface area (Å²) < 4.78 is 5.42. The van der Waals surface area contributed by atoms with Gasteiger partial charge < -0.3 is 20.3 Å². The third-order valence-corrected chi connectivity index (χ3v) is 10.8. The average molecular weight is 750 g/mol. The molecule has 0 fully saturated rings. The van der Waals surface area contributed by atoms with Gasteiger partial charge in [0.05, 0.1) is 25.4 Å². The fourth-order valence-corrected chi connectivity index (χ4v) is 7.15. The van der Waals surface area contributed by atoms with E-state index in [9.17, 15) is 19.8 Å². The van der Waals surface area contributed by atoms with Crippen molar-refractivity contribution in [1.29, 1.82) is 0 Å². The number of nitrogens with one attached hydrogen (secondary N) is 1. The molecule has 2 atom stereocenters. The van der Waals surface area contributed by atoms with Gasteiger partial charge in [0.25, 0.3) is 0 Å². The second-order valence-electron chi connectivity index (χ2n) is 16.1. The first kappa shape index (κ1) is 51.6. The molecule has 2 unspecified atom stereocenters. The van der Waals surface area contributed by atoms with Crippen LogP contribution in [0.2, 0.25) is 0 Å². The van der Waals surface area contributed by atoms with Gasteiger partial charge in [-0.15, -0.1) is 0 Å². The first-order valence-corrected chi connectivity index (χ1v) is 23.4. The van der Waals surface area contributed by atoms with E-state index in [-0.39, 0.29) is 18.5 Å². The number of esters is 1. The van der Waals surface area contributed by atoms with Gasteiger partial charge in [0.1, 0.15) is 0 Å². The van der Waals surface area contributed by atoms with Crippen LogP contribution in [-0.4, -0.2) is 47.4 Å². The summed E-state index contributed by atoms with van der Waals surface area (Å²) in [6, 6.07) is -0.557. The maximum Gasteiger partial charge on any atom is 0.305 e. The van der Waals surface area contributed by atoms with Gasteiger partial charge in [-0.25, -0.2) is 0 Å². The van der Waals surface area contributed by atoms with Crippen molar-refractivity contribution in [3.63, 3.8) is 0 Å². The Kier molecular flexibility index (Phi) is 42.2. The first-order chi connectivity index (χ1) is 26.0. The lowest BCUT2D eigenvalue weighted by molar-refractivity contribution is -0.143. The van der Waals surface area contributed by atoms with Gasteiger partial charge in [-0.2, -0.15) is 0 Å². The molecule has 0 rings (SSSR count). The molecule has 0 aromatic heterocycles. The van der Waals surface area contributed by atoms with Crippen LogP contribution in [0.15, 0.2) is 12.2 Å². The van der Waals surface area contributed by atoms with Crippen LogP contribution in [0.3, 0.4) is 0 Å². The van der Waals surface area contributed by atoms with Crippen LogP contribution in [0.1, 0.15) is 251 Å². The highest BCUT2D eigenvalue weighted by Crippen LogP contribution is 2.16. The summed E-state index contributed by atoms with van der Waals surface area (Å²) in [6.45, 7) is 4.86. The molecule has 0 aromatic carbocycles. The number of carbonyl (C=O) groups excluding carboxylic acids is 2. The molecular weight excluding hydrogens is 659 g/mol. The van der Waals surface area contributed by atoms with E-state index in [4.69, 9.17) is 4.74 Å². The zero-order valence-electron chi connectivity index (χ0n) is 35.5. The molecule has 314 valence electrons. The highest BCUT2D eigenvalue weighted by Gasteiger charge is 2.20. The molecule has 0 aliphatic rings. The van der Waals surface area contributed by atoms with Crippen molar-refractivity contribution < 1.29 is 24.5 Å². The van der Waals surface area contributed by atoms with E-state index in [1.807, 2.05) is 0 Å². The smallest absolute Gasteiger partial charge is 0.305 e. The predicted octanol–water partition coefficient (Wildman–Crippen LogP) is 13.4. The summed E-state index contributed by atoms with van der Waals surface area (Å²) >= 11 is 0. The molecule has 0 spiro atoms. The lowest BCUT2D eigenvalue weighted by Crippen LogP contribution is -2.45. The van der Waals surface area contributed by atoms with E-state index in [1.54, 1.807) is 0 Å². The third kappa shape index (κ3) is 40.1. The highest BCUT2D eigenvalue weighted by molar-refractivity contribution is 5.76. The molecule has 0 bridgehead atoms. The molecule has 3 N–H and O–H groups in total. The number of hydrogen-bond acceptors (Lipinski definition) is 5. The topological polar surface area (TPSA) is 95.9 Å². The number of aliphatic hydroxyl groups excluding tert-OH is 2. The maximum atomic E-state index is 12.4. The molecule has 0 saturated carbocycles. The highest BCUT2D eigenvalue weighted by atomic mass is 16.5. The van der Waals surface area contributed by atoms with Crippen molar-refractivity contribution in [3.05, 3.63) is 12.2 Å². The van der Waals surface area contributed by atoms with Gasteiger partial charge in [-0.05, 0) is 44.9 Å². The zero-order valence-corrected chi connectivity index (χ0v) is 35.5. The summed E-state index contributed by atoms with van der Waals surface area (Å²) in [5.41, 5.74) is 0. The molecule has 6 heteroatoms. The van der Waals surface area contributed by atoms with Crippen LogP contribution in [0.4, 0.5) is 0 Å². The first-order valence-electron chi connectivity index (χ1n) is 23.4. The van der Waals surface area contributed by atoms with Gasteiger partial charge in [-0.1, -0.05) is 206 Å². The standard InChI is InChI=1S/C47H91NO5/c1-3-5-7-9-11-13-15-16-17-18-20-23-27-31-35-39-45(50)44(43-49)48-46(51)40-36-32-28-24-21-22-26-30-34-38-42-53-47(52)41-37-33-29-25-19-14-12-10-8-6-4-2/h10,12,44-45,49-50H,3-9,11,13-43H2,1-2H3,(H,48,51)/b12-10-. The maximum absolute atomic E-state index is 12.4. The zero-order chi connectivity index (χ0) is 38.7. The number of carbonyl (C=O) groups is 2. The lowest BCUT2D eigenvalue weighted by atomic mass is 10.0. The van der Waals surface area contributed by atoms with E-state index < -0.39 is 12.1 Å². The van der Waals surface area contributed by atoms with Gasteiger partial charge in [-0.3, -0.25) is 9.59 Å². The molecule has 0 aliphatic heterocycles. The number of unbranched alkanes of at least 4 members (excludes halogenated alkanes) is 30. The largest absolute Gasteiger partial charge is 0.466 e. The Hall–Kier alpha value is -1.40. The van der Waals surface area contributed by atoms with Crippen molar-refractivity contribution >= 4 is 11.9 Å². The van der Waals surface area contributed by atoms with Crippen LogP contribution >= 0.6 is 0 Å². The van der Waals surface area contributed by atoms with E-state index in [0.717, 1.165) is 57.8 Å². The van der Waals surface area contributed by atoms with E-state index in [2.05, 4.69) is 31.3 Å². The molecule has 6 nitrogen and oxygen atoms in total. The Labute approximate surface area is 329 Å². The summed E-state index contributed by atoms with van der Waals surface area (Å²) in [5, 5.41) is 23.2. The Balaban J connectivity index is 3.50. The predicted molar refractivity (Wildman–Crippen MR) is 227 cm³/mol. The summed E-state index contributed by atoms with van der Waals surface area (Å²) in [5.74, 6) is -0.0879. The van der Waals surface area contributed by atoms with Crippen LogP contribution in [0.5, 0.6) is 0 Å². The summed E-state index contributed by atoms with van der Waals surface area (Å²) in [7, 11) is 0. The quantitative estimate of drug-likeness (QED) is 0.0328. The minimum absolute atomic E-state index is 0.0299. The van der Waals surface area contributed by atoms with Crippen LogP contribution < -0.4 is 5.32 Å². The molecule has 0 aliphatic carbocycles. The molecular formula is C47H91NO5. The SMILES string of the molecule is CCCC/C=C\CCCCCCCC(=O)OCCCCCCCCCCCCC(=O)NC(CO)C(O)CCCCCCCCCCCCCCCCC. The average Bonchev–Trinajstić information content (AvgIpc) is 3.16. The van der Waals surface area contributed by atoms with E-state index >= 15 is 0 Å². The number of aliphatic hydroxyl groups is 2. The second-order valence-corrected chi connectivity index (χ2v) is 16.1.